The second-order valence-electron chi connectivity index (χ2n) is 6.69. The van der Waals surface area contributed by atoms with Crippen LogP contribution in [0.25, 0.3) is 11.4 Å². The van der Waals surface area contributed by atoms with Gasteiger partial charge in [-0.2, -0.15) is 4.98 Å². The van der Waals surface area contributed by atoms with Gasteiger partial charge in [-0.25, -0.2) is 0 Å². The van der Waals surface area contributed by atoms with Gasteiger partial charge < -0.3 is 14.4 Å². The number of hydrogen-bond donors (Lipinski definition) is 1. The van der Waals surface area contributed by atoms with Crippen LogP contribution in [0.15, 0.2) is 39.9 Å². The number of nitrogens with one attached hydrogen (secondary N) is 1. The third kappa shape index (κ3) is 3.14. The van der Waals surface area contributed by atoms with Crippen LogP contribution in [-0.2, 0) is 0 Å². The number of pyridine rings is 2. The third-order valence-corrected chi connectivity index (χ3v) is 4.76. The molecule has 4 heterocycles. The van der Waals surface area contributed by atoms with E-state index in [0.29, 0.717) is 30.2 Å². The van der Waals surface area contributed by atoms with E-state index in [1.807, 2.05) is 0 Å². The molecule has 1 N–H and O–H groups in total. The Hall–Kier alpha value is -3.29. The minimum absolute atomic E-state index is 0.168. The maximum atomic E-state index is 13.1. The van der Waals surface area contributed by atoms with Gasteiger partial charge in [-0.1, -0.05) is 5.16 Å². The quantitative estimate of drug-likeness (QED) is 0.764. The summed E-state index contributed by atoms with van der Waals surface area (Å²) in [6, 6.07) is 5.05. The minimum Gasteiger partial charge on any atom is -0.337 e. The Morgan fingerprint density at radius 1 is 1.30 bits per heavy atom. The summed E-state index contributed by atoms with van der Waals surface area (Å²) in [6.45, 7) is 4.11. The maximum absolute atomic E-state index is 13.1. The molecule has 0 saturated carbocycles. The molecule has 1 aliphatic heterocycles. The molecule has 1 fully saturated rings. The third-order valence-electron chi connectivity index (χ3n) is 4.76. The smallest absolute Gasteiger partial charge is 0.261 e. The summed E-state index contributed by atoms with van der Waals surface area (Å²) in [5.41, 5.74) is 1.98. The zero-order chi connectivity index (χ0) is 19.0. The fourth-order valence-corrected chi connectivity index (χ4v) is 3.52. The molecular formula is C19H19N5O3. The van der Waals surface area contributed by atoms with Crippen LogP contribution in [0, 0.1) is 13.8 Å². The fraction of sp³-hybridized carbons (Fsp3) is 0.316. The van der Waals surface area contributed by atoms with Crippen LogP contribution >= 0.6 is 0 Å². The van der Waals surface area contributed by atoms with Crippen molar-refractivity contribution in [2.24, 2.45) is 0 Å². The van der Waals surface area contributed by atoms with E-state index in [-0.39, 0.29) is 23.1 Å². The number of aromatic amines is 1. The Labute approximate surface area is 155 Å². The van der Waals surface area contributed by atoms with Crippen molar-refractivity contribution in [1.29, 1.82) is 0 Å². The fourth-order valence-electron chi connectivity index (χ4n) is 3.52. The Kier molecular flexibility index (Phi) is 4.31. The zero-order valence-corrected chi connectivity index (χ0v) is 15.1. The number of aryl methyl sites for hydroxylation is 2. The number of carbonyl (C=O) groups excluding carboxylic acids is 1. The Bertz CT molecular complexity index is 1040. The average Bonchev–Trinajstić information content (AvgIpc) is 3.31. The maximum Gasteiger partial charge on any atom is 0.261 e. The molecule has 0 aliphatic carbocycles. The molecule has 3 aromatic rings. The van der Waals surface area contributed by atoms with Crippen molar-refractivity contribution in [1.82, 2.24) is 25.0 Å². The van der Waals surface area contributed by atoms with Crippen LogP contribution in [0.4, 0.5) is 0 Å². The van der Waals surface area contributed by atoms with Crippen LogP contribution in [0.1, 0.15) is 46.4 Å². The number of amides is 1. The first kappa shape index (κ1) is 17.1. The zero-order valence-electron chi connectivity index (χ0n) is 15.1. The highest BCUT2D eigenvalue weighted by molar-refractivity contribution is 5.95. The van der Waals surface area contributed by atoms with Crippen molar-refractivity contribution in [2.45, 2.75) is 32.7 Å². The van der Waals surface area contributed by atoms with Crippen LogP contribution in [0.2, 0.25) is 0 Å². The van der Waals surface area contributed by atoms with Crippen molar-refractivity contribution >= 4 is 5.91 Å². The van der Waals surface area contributed by atoms with Crippen molar-refractivity contribution in [3.05, 3.63) is 63.7 Å². The molecule has 0 spiro atoms. The molecule has 4 rings (SSSR count). The highest BCUT2D eigenvalue weighted by Gasteiger charge is 2.36. The lowest BCUT2D eigenvalue weighted by Crippen LogP contribution is -2.35. The number of rotatable bonds is 3. The summed E-state index contributed by atoms with van der Waals surface area (Å²) < 4.78 is 5.44. The van der Waals surface area contributed by atoms with E-state index in [1.54, 1.807) is 49.3 Å². The van der Waals surface area contributed by atoms with Gasteiger partial charge in [0.25, 0.3) is 11.5 Å². The predicted molar refractivity (Wildman–Crippen MR) is 97.1 cm³/mol. The SMILES string of the molecule is Cc1cc(C)c(C(=O)N2CCC[C@H]2c2nc(-c3ccncc3)no2)c(=O)[nH]1. The summed E-state index contributed by atoms with van der Waals surface area (Å²) in [5.74, 6) is 0.532. The van der Waals surface area contributed by atoms with Crippen LogP contribution < -0.4 is 5.56 Å². The van der Waals surface area contributed by atoms with E-state index in [1.165, 1.54) is 0 Å². The lowest BCUT2D eigenvalue weighted by molar-refractivity contribution is 0.0707. The summed E-state index contributed by atoms with van der Waals surface area (Å²) >= 11 is 0. The van der Waals surface area contributed by atoms with Crippen LogP contribution in [-0.4, -0.2) is 37.5 Å². The standard InChI is InChI=1S/C19H19N5O3/c1-11-10-12(2)21-17(25)15(11)19(26)24-9-3-4-14(24)18-22-16(23-27-18)13-5-7-20-8-6-13/h5-8,10,14H,3-4,9H2,1-2H3,(H,21,25)/t14-/m0/s1. The highest BCUT2D eigenvalue weighted by Crippen LogP contribution is 2.33. The first-order valence-electron chi connectivity index (χ1n) is 8.80. The second-order valence-corrected chi connectivity index (χ2v) is 6.69. The van der Waals surface area contributed by atoms with Crippen molar-refractivity contribution in [3.63, 3.8) is 0 Å². The first-order valence-corrected chi connectivity index (χ1v) is 8.80. The van der Waals surface area contributed by atoms with Crippen molar-refractivity contribution in [2.75, 3.05) is 6.54 Å². The predicted octanol–water partition coefficient (Wildman–Crippen LogP) is 2.41. The van der Waals surface area contributed by atoms with Crippen LogP contribution in [0.5, 0.6) is 0 Å². The van der Waals surface area contributed by atoms with Crippen LogP contribution in [0.3, 0.4) is 0 Å². The molecule has 0 unspecified atom stereocenters. The van der Waals surface area contributed by atoms with E-state index in [4.69, 9.17) is 4.52 Å². The van der Waals surface area contributed by atoms with Gasteiger partial charge in [-0.15, -0.1) is 0 Å². The Balaban J connectivity index is 1.65. The molecule has 1 atom stereocenters. The number of H-pyrrole nitrogens is 1. The van der Waals surface area contributed by atoms with E-state index in [0.717, 1.165) is 17.7 Å². The Morgan fingerprint density at radius 3 is 2.81 bits per heavy atom. The molecule has 3 aromatic heterocycles. The molecule has 0 bridgehead atoms. The van der Waals surface area contributed by atoms with Crippen molar-refractivity contribution in [3.8, 4) is 11.4 Å². The van der Waals surface area contributed by atoms with Crippen molar-refractivity contribution < 1.29 is 9.32 Å². The lowest BCUT2D eigenvalue weighted by atomic mass is 10.1. The first-order chi connectivity index (χ1) is 13.0. The molecule has 1 amide bonds. The molecule has 1 saturated heterocycles. The second kappa shape index (κ2) is 6.79. The summed E-state index contributed by atoms with van der Waals surface area (Å²) in [4.78, 5) is 38.2. The summed E-state index contributed by atoms with van der Waals surface area (Å²) in [5, 5.41) is 4.02. The van der Waals surface area contributed by atoms with Gasteiger partial charge >= 0.3 is 0 Å². The number of hydrogen-bond acceptors (Lipinski definition) is 6. The molecule has 8 nitrogen and oxygen atoms in total. The van der Waals surface area contributed by atoms with Gasteiger partial charge in [0.1, 0.15) is 11.6 Å². The average molecular weight is 365 g/mol. The molecule has 27 heavy (non-hydrogen) atoms. The molecule has 0 radical (unpaired) electrons. The Morgan fingerprint density at radius 2 is 2.07 bits per heavy atom. The number of nitrogens with zero attached hydrogens (tertiary/aromatic N) is 4. The molecule has 1 aliphatic rings. The van der Waals surface area contributed by atoms with Gasteiger partial charge in [0.05, 0.1) is 0 Å². The molecular weight excluding hydrogens is 346 g/mol. The van der Waals surface area contributed by atoms with Gasteiger partial charge in [-0.05, 0) is 50.5 Å². The van der Waals surface area contributed by atoms with E-state index < -0.39 is 0 Å². The molecule has 8 heteroatoms. The monoisotopic (exact) mass is 365 g/mol. The van der Waals surface area contributed by atoms with Gasteiger partial charge in [-0.3, -0.25) is 14.6 Å². The topological polar surface area (TPSA) is 105 Å². The number of carbonyl (C=O) groups is 1. The van der Waals surface area contributed by atoms with E-state index >= 15 is 0 Å². The lowest BCUT2D eigenvalue weighted by Gasteiger charge is -2.22. The van der Waals surface area contributed by atoms with Gasteiger partial charge in [0, 0.05) is 30.2 Å². The number of likely N-dealkylation sites (tertiary alicyclic amines) is 1. The largest absolute Gasteiger partial charge is 0.337 e. The van der Waals surface area contributed by atoms with Gasteiger partial charge in [0.2, 0.25) is 11.7 Å². The van der Waals surface area contributed by atoms with Gasteiger partial charge in [0.15, 0.2) is 0 Å². The normalized spacial score (nSPS) is 16.7. The summed E-state index contributed by atoms with van der Waals surface area (Å²) in [7, 11) is 0. The number of aromatic nitrogens is 4. The minimum atomic E-state index is -0.369. The molecule has 138 valence electrons. The molecule has 0 aromatic carbocycles. The van der Waals surface area contributed by atoms with E-state index in [2.05, 4.69) is 20.1 Å². The van der Waals surface area contributed by atoms with E-state index in [9.17, 15) is 9.59 Å². The summed E-state index contributed by atoms with van der Waals surface area (Å²) in [6.07, 6.45) is 4.84. The highest BCUT2D eigenvalue weighted by atomic mass is 16.5.